The van der Waals surface area contributed by atoms with Crippen LogP contribution in [0.25, 0.3) is 16.8 Å². The molecule has 0 amide bonds. The first-order valence-corrected chi connectivity index (χ1v) is 8.42. The second-order valence-electron chi connectivity index (χ2n) is 5.24. The van der Waals surface area contributed by atoms with Gasteiger partial charge in [0.05, 0.1) is 5.69 Å². The van der Waals surface area contributed by atoms with E-state index in [9.17, 15) is 4.79 Å². The molecule has 0 saturated carbocycles. The second-order valence-corrected chi connectivity index (χ2v) is 6.63. The average molecular weight is 358 g/mol. The third-order valence-corrected chi connectivity index (χ3v) is 4.82. The van der Waals surface area contributed by atoms with Crippen LogP contribution in [0.4, 0.5) is 0 Å². The molecule has 2 aromatic carbocycles. The Morgan fingerprint density at radius 2 is 2.00 bits per heavy atom. The summed E-state index contributed by atoms with van der Waals surface area (Å²) in [4.78, 5) is 17.6. The van der Waals surface area contributed by atoms with E-state index in [4.69, 9.17) is 16.0 Å². The monoisotopic (exact) mass is 357 g/mol. The van der Waals surface area contributed by atoms with Crippen LogP contribution in [-0.4, -0.2) is 14.8 Å². The molecule has 0 aliphatic heterocycles. The number of fused-ring (bicyclic) bond motifs is 1. The summed E-state index contributed by atoms with van der Waals surface area (Å²) < 4.78 is 7.19. The van der Waals surface area contributed by atoms with Crippen LogP contribution in [0.3, 0.4) is 0 Å². The van der Waals surface area contributed by atoms with Gasteiger partial charge in [-0.2, -0.15) is 0 Å². The average Bonchev–Trinajstić information content (AvgIpc) is 3.10. The van der Waals surface area contributed by atoms with Crippen LogP contribution in [0.5, 0.6) is 0 Å². The first kappa shape index (κ1) is 15.1. The van der Waals surface area contributed by atoms with Gasteiger partial charge in [0.1, 0.15) is 10.4 Å². The maximum absolute atomic E-state index is 12.7. The van der Waals surface area contributed by atoms with Crippen molar-refractivity contribution in [2.75, 3.05) is 0 Å². The highest BCUT2D eigenvalue weighted by Gasteiger charge is 2.17. The lowest BCUT2D eigenvalue weighted by Gasteiger charge is -1.99. The van der Waals surface area contributed by atoms with Crippen molar-refractivity contribution >= 4 is 34.5 Å². The van der Waals surface area contributed by atoms with E-state index in [1.165, 1.54) is 16.4 Å². The zero-order valence-electron chi connectivity index (χ0n) is 12.6. The highest BCUT2D eigenvalue weighted by molar-refractivity contribution is 7.99. The van der Waals surface area contributed by atoms with Crippen molar-refractivity contribution < 1.29 is 4.42 Å². The predicted molar refractivity (Wildman–Crippen MR) is 94.3 cm³/mol. The molecule has 0 unspecified atom stereocenters. The normalized spacial score (nSPS) is 11.2. The van der Waals surface area contributed by atoms with E-state index < -0.39 is 0 Å². The second kappa shape index (κ2) is 5.89. The van der Waals surface area contributed by atoms with Gasteiger partial charge in [-0.15, -0.1) is 0 Å². The van der Waals surface area contributed by atoms with E-state index in [1.807, 2.05) is 37.3 Å². The summed E-state index contributed by atoms with van der Waals surface area (Å²) in [6.45, 7) is 1.85. The minimum Gasteiger partial charge on any atom is -0.431 e. The Morgan fingerprint density at radius 1 is 1.21 bits per heavy atom. The van der Waals surface area contributed by atoms with Crippen LogP contribution < -0.4 is 5.56 Å². The smallest absolute Gasteiger partial charge is 0.285 e. The van der Waals surface area contributed by atoms with Gasteiger partial charge in [0.2, 0.25) is 0 Å². The van der Waals surface area contributed by atoms with E-state index >= 15 is 0 Å². The number of nitrogens with zero attached hydrogens (tertiary/aromatic N) is 2. The molecule has 4 rings (SSSR count). The van der Waals surface area contributed by atoms with E-state index in [2.05, 4.69) is 10.1 Å². The Hall–Kier alpha value is -2.44. The number of rotatable bonds is 3. The van der Waals surface area contributed by atoms with Gasteiger partial charge in [-0.3, -0.25) is 9.89 Å². The molecule has 0 atom stereocenters. The number of aromatic nitrogens is 3. The van der Waals surface area contributed by atoms with E-state index in [0.29, 0.717) is 26.2 Å². The molecule has 0 fully saturated rings. The molecule has 120 valence electrons. The number of H-pyrrole nitrogens is 1. The fourth-order valence-corrected chi connectivity index (χ4v) is 3.41. The van der Waals surface area contributed by atoms with Gasteiger partial charge in [-0.25, -0.2) is 9.67 Å². The molecule has 0 saturated heterocycles. The van der Waals surface area contributed by atoms with E-state index in [0.717, 1.165) is 11.4 Å². The quantitative estimate of drug-likeness (QED) is 0.589. The zero-order valence-corrected chi connectivity index (χ0v) is 14.2. The minimum absolute atomic E-state index is 0.135. The van der Waals surface area contributed by atoms with Crippen molar-refractivity contribution in [2.45, 2.75) is 17.0 Å². The van der Waals surface area contributed by atoms with Crippen molar-refractivity contribution in [3.8, 4) is 5.69 Å². The van der Waals surface area contributed by atoms with Crippen molar-refractivity contribution in [3.63, 3.8) is 0 Å². The number of hydrogen-bond acceptors (Lipinski definition) is 4. The highest BCUT2D eigenvalue weighted by atomic mass is 35.5. The van der Waals surface area contributed by atoms with Crippen molar-refractivity contribution in [2.24, 2.45) is 0 Å². The molecule has 1 N–H and O–H groups in total. The standard InChI is InChI=1S/C17H12ClN3O2S/c1-10-15(16(22)21(20-10)12-5-3-2-4-6-12)24-17-19-13-9-11(18)7-8-14(13)23-17/h2-9,20H,1H3. The van der Waals surface area contributed by atoms with Crippen LogP contribution in [0.15, 0.2) is 67.9 Å². The number of para-hydroxylation sites is 1. The molecular formula is C17H12ClN3O2S. The third-order valence-electron chi connectivity index (χ3n) is 3.55. The predicted octanol–water partition coefficient (Wildman–Crippen LogP) is 4.42. The van der Waals surface area contributed by atoms with Crippen LogP contribution in [0.2, 0.25) is 5.02 Å². The fourth-order valence-electron chi connectivity index (χ4n) is 2.42. The summed E-state index contributed by atoms with van der Waals surface area (Å²) in [6.07, 6.45) is 0. The zero-order chi connectivity index (χ0) is 16.7. The minimum atomic E-state index is -0.135. The first-order valence-electron chi connectivity index (χ1n) is 7.23. The number of aryl methyl sites for hydroxylation is 1. The molecule has 4 aromatic rings. The summed E-state index contributed by atoms with van der Waals surface area (Å²) in [5, 5.41) is 4.09. The number of nitrogens with one attached hydrogen (secondary N) is 1. The van der Waals surface area contributed by atoms with Gasteiger partial charge in [-0.1, -0.05) is 29.8 Å². The summed E-state index contributed by atoms with van der Waals surface area (Å²) >= 11 is 7.17. The molecule has 5 nitrogen and oxygen atoms in total. The van der Waals surface area contributed by atoms with Crippen molar-refractivity contribution in [1.29, 1.82) is 0 Å². The Kier molecular flexibility index (Phi) is 3.70. The Balaban J connectivity index is 1.74. The van der Waals surface area contributed by atoms with Crippen molar-refractivity contribution in [3.05, 3.63) is 69.6 Å². The SMILES string of the molecule is Cc1[nH]n(-c2ccccc2)c(=O)c1Sc1nc2cc(Cl)ccc2o1. The summed E-state index contributed by atoms with van der Waals surface area (Å²) in [5.74, 6) is 0. The molecule has 2 heterocycles. The molecule has 7 heteroatoms. The van der Waals surface area contributed by atoms with Gasteiger partial charge in [0.25, 0.3) is 10.8 Å². The number of aromatic amines is 1. The Labute approximate surface area is 146 Å². The largest absolute Gasteiger partial charge is 0.431 e. The summed E-state index contributed by atoms with van der Waals surface area (Å²) in [7, 11) is 0. The number of benzene rings is 2. The Bertz CT molecular complexity index is 1080. The maximum atomic E-state index is 12.7. The molecular weight excluding hydrogens is 346 g/mol. The fraction of sp³-hybridized carbons (Fsp3) is 0.0588. The van der Waals surface area contributed by atoms with Crippen LogP contribution in [-0.2, 0) is 0 Å². The molecule has 2 aromatic heterocycles. The number of oxazole rings is 1. The van der Waals surface area contributed by atoms with Gasteiger partial charge >= 0.3 is 0 Å². The molecule has 0 radical (unpaired) electrons. The lowest BCUT2D eigenvalue weighted by molar-refractivity contribution is 0.489. The Morgan fingerprint density at radius 3 is 2.79 bits per heavy atom. The first-order chi connectivity index (χ1) is 11.6. The molecule has 0 aliphatic rings. The van der Waals surface area contributed by atoms with Crippen molar-refractivity contribution in [1.82, 2.24) is 14.8 Å². The van der Waals surface area contributed by atoms with Crippen LogP contribution in [0.1, 0.15) is 5.69 Å². The molecule has 24 heavy (non-hydrogen) atoms. The summed E-state index contributed by atoms with van der Waals surface area (Å²) in [5.41, 5.74) is 2.71. The number of halogens is 1. The van der Waals surface area contributed by atoms with E-state index in [-0.39, 0.29) is 5.56 Å². The number of hydrogen-bond donors (Lipinski definition) is 1. The molecule has 0 spiro atoms. The van der Waals surface area contributed by atoms with Gasteiger partial charge in [0, 0.05) is 10.7 Å². The lowest BCUT2D eigenvalue weighted by atomic mass is 10.3. The van der Waals surface area contributed by atoms with Crippen LogP contribution >= 0.6 is 23.4 Å². The van der Waals surface area contributed by atoms with Gasteiger partial charge in [-0.05, 0) is 49.0 Å². The molecule has 0 aliphatic carbocycles. The highest BCUT2D eigenvalue weighted by Crippen LogP contribution is 2.30. The topological polar surface area (TPSA) is 63.8 Å². The van der Waals surface area contributed by atoms with Crippen LogP contribution in [0, 0.1) is 6.92 Å². The van der Waals surface area contributed by atoms with Gasteiger partial charge < -0.3 is 4.42 Å². The summed E-state index contributed by atoms with van der Waals surface area (Å²) in [6, 6.07) is 14.7. The van der Waals surface area contributed by atoms with E-state index in [1.54, 1.807) is 18.2 Å². The van der Waals surface area contributed by atoms with Gasteiger partial charge in [0.15, 0.2) is 5.58 Å². The maximum Gasteiger partial charge on any atom is 0.285 e. The third kappa shape index (κ3) is 2.64. The lowest BCUT2D eigenvalue weighted by Crippen LogP contribution is -2.15. The molecule has 0 bridgehead atoms.